The average Bonchev–Trinajstić information content (AvgIpc) is 2.82. The number of nitrogens with one attached hydrogen (secondary N) is 2. The van der Waals surface area contributed by atoms with Crippen molar-refractivity contribution in [3.05, 3.63) is 98.5 Å². The Labute approximate surface area is 205 Å². The Morgan fingerprint density at radius 3 is 2.49 bits per heavy atom. The van der Waals surface area contributed by atoms with E-state index in [1.165, 1.54) is 6.92 Å². The number of hydrogen-bond donors (Lipinski definition) is 2. The van der Waals surface area contributed by atoms with Crippen LogP contribution in [0.15, 0.2) is 59.4 Å². The number of carbonyl (C=O) groups excluding carboxylic acids is 2. The van der Waals surface area contributed by atoms with Gasteiger partial charge >= 0.3 is 0 Å². The third-order valence-corrected chi connectivity index (χ3v) is 6.18. The van der Waals surface area contributed by atoms with Crippen molar-refractivity contribution in [2.45, 2.75) is 53.1 Å². The lowest BCUT2D eigenvalue weighted by Gasteiger charge is -2.30. The maximum atomic E-state index is 13.6. The highest BCUT2D eigenvalue weighted by molar-refractivity contribution is 5.88. The zero-order chi connectivity index (χ0) is 25.5. The summed E-state index contributed by atoms with van der Waals surface area (Å²) < 4.78 is 0. The van der Waals surface area contributed by atoms with Crippen LogP contribution in [-0.2, 0) is 22.6 Å². The third kappa shape index (κ3) is 6.24. The molecule has 2 amide bonds. The van der Waals surface area contributed by atoms with Crippen molar-refractivity contribution in [2.24, 2.45) is 0 Å². The largest absolute Gasteiger partial charge is 0.332 e. The molecule has 0 aliphatic rings. The van der Waals surface area contributed by atoms with Crippen molar-refractivity contribution in [3.8, 4) is 6.07 Å². The lowest BCUT2D eigenvalue weighted by molar-refractivity contribution is -0.134. The van der Waals surface area contributed by atoms with Crippen LogP contribution in [0.5, 0.6) is 0 Å². The second kappa shape index (κ2) is 11.3. The molecule has 1 heterocycles. The van der Waals surface area contributed by atoms with Gasteiger partial charge in [0, 0.05) is 31.3 Å². The van der Waals surface area contributed by atoms with Crippen LogP contribution < -0.4 is 10.9 Å². The summed E-state index contributed by atoms with van der Waals surface area (Å²) in [5.74, 6) is -0.204. The Hall–Kier alpha value is -4.18. The highest BCUT2D eigenvalue weighted by Gasteiger charge is 2.23. The summed E-state index contributed by atoms with van der Waals surface area (Å²) in [5, 5.41) is 12.1. The van der Waals surface area contributed by atoms with Crippen LogP contribution in [0.2, 0.25) is 0 Å². The van der Waals surface area contributed by atoms with Gasteiger partial charge in [-0.2, -0.15) is 5.26 Å². The molecule has 7 heteroatoms. The Kier molecular flexibility index (Phi) is 8.21. The van der Waals surface area contributed by atoms with Gasteiger partial charge in [0.05, 0.1) is 6.04 Å². The summed E-state index contributed by atoms with van der Waals surface area (Å²) in [5.41, 5.74) is 4.38. The summed E-state index contributed by atoms with van der Waals surface area (Å²) in [7, 11) is 0. The van der Waals surface area contributed by atoms with Gasteiger partial charge in [-0.1, -0.05) is 42.5 Å². The third-order valence-electron chi connectivity index (χ3n) is 6.18. The second-order valence-corrected chi connectivity index (χ2v) is 8.66. The fourth-order valence-electron chi connectivity index (χ4n) is 4.28. The lowest BCUT2D eigenvalue weighted by atomic mass is 9.98. The summed E-state index contributed by atoms with van der Waals surface area (Å²) >= 11 is 0. The molecule has 1 unspecified atom stereocenters. The normalized spacial score (nSPS) is 11.4. The van der Waals surface area contributed by atoms with E-state index in [9.17, 15) is 19.6 Å². The molecule has 0 aliphatic carbocycles. The Morgan fingerprint density at radius 1 is 1.11 bits per heavy atom. The first-order chi connectivity index (χ1) is 16.7. The van der Waals surface area contributed by atoms with Crippen LogP contribution in [0.25, 0.3) is 0 Å². The van der Waals surface area contributed by atoms with Crippen molar-refractivity contribution >= 4 is 17.5 Å². The zero-order valence-electron chi connectivity index (χ0n) is 20.5. The van der Waals surface area contributed by atoms with Crippen LogP contribution in [0.3, 0.4) is 0 Å². The molecule has 0 saturated heterocycles. The molecule has 2 aromatic carbocycles. The molecule has 3 aromatic rings. The number of hydrogen-bond acceptors (Lipinski definition) is 4. The van der Waals surface area contributed by atoms with Crippen LogP contribution in [0, 0.1) is 25.2 Å². The van der Waals surface area contributed by atoms with Crippen molar-refractivity contribution in [1.82, 2.24) is 9.88 Å². The van der Waals surface area contributed by atoms with E-state index in [-0.39, 0.29) is 29.8 Å². The monoisotopic (exact) mass is 470 g/mol. The van der Waals surface area contributed by atoms with E-state index in [2.05, 4.69) is 10.3 Å². The van der Waals surface area contributed by atoms with Crippen molar-refractivity contribution in [2.75, 3.05) is 5.32 Å². The van der Waals surface area contributed by atoms with E-state index in [0.29, 0.717) is 29.9 Å². The molecule has 180 valence electrons. The minimum Gasteiger partial charge on any atom is -0.332 e. The summed E-state index contributed by atoms with van der Waals surface area (Å²) in [6.45, 7) is 7.39. The Morgan fingerprint density at radius 2 is 1.83 bits per heavy atom. The van der Waals surface area contributed by atoms with Crippen molar-refractivity contribution in [1.29, 1.82) is 5.26 Å². The van der Waals surface area contributed by atoms with Gasteiger partial charge in [0.2, 0.25) is 11.8 Å². The number of rotatable bonds is 8. The SMILES string of the molecule is CC(=O)Nc1cccc(C(C)N(Cc2ccccc2)C(=O)CCc2c(C)[nH]c(=O)c(C#N)c2C)c1. The second-order valence-electron chi connectivity index (χ2n) is 8.66. The quantitative estimate of drug-likeness (QED) is 0.504. The predicted octanol–water partition coefficient (Wildman–Crippen LogP) is 4.54. The maximum absolute atomic E-state index is 13.6. The van der Waals surface area contributed by atoms with Gasteiger partial charge in [0.1, 0.15) is 11.6 Å². The van der Waals surface area contributed by atoms with Crippen molar-refractivity contribution < 1.29 is 9.59 Å². The fraction of sp³-hybridized carbons (Fsp3) is 0.286. The van der Waals surface area contributed by atoms with Crippen LogP contribution >= 0.6 is 0 Å². The minimum absolute atomic E-state index is 0.0465. The molecule has 0 aliphatic heterocycles. The number of aromatic nitrogens is 1. The number of carbonyl (C=O) groups is 2. The predicted molar refractivity (Wildman–Crippen MR) is 136 cm³/mol. The number of nitrogens with zero attached hydrogens (tertiary/aromatic N) is 2. The molecule has 0 fully saturated rings. The topological polar surface area (TPSA) is 106 Å². The van der Waals surface area contributed by atoms with Crippen LogP contribution in [0.4, 0.5) is 5.69 Å². The first-order valence-electron chi connectivity index (χ1n) is 11.5. The number of amides is 2. The zero-order valence-corrected chi connectivity index (χ0v) is 20.5. The molecule has 0 spiro atoms. The Bertz CT molecular complexity index is 1320. The number of anilines is 1. The van der Waals surface area contributed by atoms with Gasteiger partial charge in [0.15, 0.2) is 0 Å². The smallest absolute Gasteiger partial charge is 0.266 e. The number of aryl methyl sites for hydroxylation is 1. The Balaban J connectivity index is 1.89. The van der Waals surface area contributed by atoms with Crippen LogP contribution in [-0.4, -0.2) is 21.7 Å². The molecule has 0 bridgehead atoms. The highest BCUT2D eigenvalue weighted by Crippen LogP contribution is 2.26. The molecule has 2 N–H and O–H groups in total. The molecular weight excluding hydrogens is 440 g/mol. The number of aromatic amines is 1. The first-order valence-corrected chi connectivity index (χ1v) is 11.5. The molecule has 1 atom stereocenters. The number of H-pyrrole nitrogens is 1. The van der Waals surface area contributed by atoms with E-state index in [1.54, 1.807) is 13.8 Å². The van der Waals surface area contributed by atoms with Gasteiger partial charge in [-0.15, -0.1) is 0 Å². The molecule has 1 aromatic heterocycles. The number of benzene rings is 2. The maximum Gasteiger partial charge on any atom is 0.266 e. The number of nitriles is 1. The molecule has 3 rings (SSSR count). The highest BCUT2D eigenvalue weighted by atomic mass is 16.2. The van der Waals surface area contributed by atoms with Gasteiger partial charge in [-0.05, 0) is 61.6 Å². The summed E-state index contributed by atoms with van der Waals surface area (Å²) in [6.07, 6.45) is 0.632. The van der Waals surface area contributed by atoms with Gasteiger partial charge in [-0.25, -0.2) is 0 Å². The number of pyridine rings is 1. The fourth-order valence-corrected chi connectivity index (χ4v) is 4.28. The molecule has 7 nitrogen and oxygen atoms in total. The van der Waals surface area contributed by atoms with E-state index >= 15 is 0 Å². The van der Waals surface area contributed by atoms with Crippen LogP contribution in [0.1, 0.15) is 59.8 Å². The minimum atomic E-state index is -0.407. The average molecular weight is 471 g/mol. The van der Waals surface area contributed by atoms with Gasteiger partial charge < -0.3 is 15.2 Å². The van der Waals surface area contributed by atoms with E-state index in [4.69, 9.17) is 0 Å². The molecule has 35 heavy (non-hydrogen) atoms. The summed E-state index contributed by atoms with van der Waals surface area (Å²) in [6, 6.07) is 19.0. The lowest BCUT2D eigenvalue weighted by Crippen LogP contribution is -2.33. The van der Waals surface area contributed by atoms with E-state index in [1.807, 2.05) is 72.5 Å². The standard InChI is InChI=1S/C28H30N4O3/c1-18-25(19(2)30-28(35)26(18)16-29)13-14-27(34)32(17-22-9-6-5-7-10-22)20(3)23-11-8-12-24(15-23)31-21(4)33/h5-12,15,20H,13-14,17H2,1-4H3,(H,30,35)(H,31,33). The van der Waals surface area contributed by atoms with Crippen molar-refractivity contribution in [3.63, 3.8) is 0 Å². The molecule has 0 radical (unpaired) electrons. The van der Waals surface area contributed by atoms with Gasteiger partial charge in [-0.3, -0.25) is 14.4 Å². The molecule has 0 saturated carbocycles. The van der Waals surface area contributed by atoms with E-state index in [0.717, 1.165) is 16.7 Å². The van der Waals surface area contributed by atoms with Gasteiger partial charge in [0.25, 0.3) is 5.56 Å². The molecular formula is C28H30N4O3. The summed E-state index contributed by atoms with van der Waals surface area (Å²) in [4.78, 5) is 41.7. The van der Waals surface area contributed by atoms with E-state index < -0.39 is 5.56 Å². The first kappa shape index (κ1) is 25.4.